The zero-order chi connectivity index (χ0) is 30.1. The van der Waals surface area contributed by atoms with Crippen molar-refractivity contribution >= 4 is 5.97 Å². The van der Waals surface area contributed by atoms with Gasteiger partial charge in [0.25, 0.3) is 0 Å². The molecule has 2 aromatic carbocycles. The van der Waals surface area contributed by atoms with Crippen LogP contribution in [-0.4, -0.2) is 60.9 Å². The number of aliphatic hydroxyl groups excluding tert-OH is 1. The number of aryl methyl sites for hydroxylation is 2. The normalized spacial score (nSPS) is 12.2. The van der Waals surface area contributed by atoms with E-state index < -0.39 is 0 Å². The fraction of sp³-hybridized carbons (Fsp3) is 0.606. The maximum absolute atomic E-state index is 12.9. The van der Waals surface area contributed by atoms with Crippen molar-refractivity contribution in [1.29, 1.82) is 0 Å². The largest absolute Gasteiger partial charge is 0.507 e. The lowest BCUT2D eigenvalue weighted by molar-refractivity contribution is -0.146. The Kier molecular flexibility index (Phi) is 12.5. The summed E-state index contributed by atoms with van der Waals surface area (Å²) in [5.41, 5.74) is 5.10. The van der Waals surface area contributed by atoms with Gasteiger partial charge >= 0.3 is 5.97 Å². The Labute approximate surface area is 240 Å². The number of ether oxygens (including phenoxy) is 3. The third-order valence-electron chi connectivity index (χ3n) is 6.94. The average molecular weight is 559 g/mol. The van der Waals surface area contributed by atoms with Gasteiger partial charge in [-0.2, -0.15) is 0 Å². The first-order valence-electron chi connectivity index (χ1n) is 14.2. The van der Waals surface area contributed by atoms with Gasteiger partial charge in [-0.3, -0.25) is 4.79 Å². The predicted octanol–water partition coefficient (Wildman–Crippen LogP) is 5.67. The van der Waals surface area contributed by atoms with Crippen molar-refractivity contribution in [2.45, 2.75) is 85.5 Å². The van der Waals surface area contributed by atoms with Crippen LogP contribution in [0.1, 0.15) is 81.3 Å². The van der Waals surface area contributed by atoms with Crippen molar-refractivity contribution in [1.82, 2.24) is 0 Å². The van der Waals surface area contributed by atoms with Crippen LogP contribution in [0.25, 0.3) is 0 Å². The van der Waals surface area contributed by atoms with Crippen LogP contribution in [0.5, 0.6) is 11.5 Å². The first-order valence-corrected chi connectivity index (χ1v) is 14.2. The second kappa shape index (κ2) is 14.9. The van der Waals surface area contributed by atoms with Gasteiger partial charge in [-0.25, -0.2) is 0 Å². The second-order valence-electron chi connectivity index (χ2n) is 12.8. The molecule has 0 amide bonds. The van der Waals surface area contributed by atoms with Crippen molar-refractivity contribution in [3.05, 3.63) is 57.6 Å². The highest BCUT2D eigenvalue weighted by Crippen LogP contribution is 2.37. The lowest BCUT2D eigenvalue weighted by atomic mass is 9.80. The van der Waals surface area contributed by atoms with Gasteiger partial charge in [-0.05, 0) is 76.8 Å². The number of esters is 1. The smallest absolute Gasteiger partial charge is 0.306 e. The predicted molar refractivity (Wildman–Crippen MR) is 158 cm³/mol. The minimum absolute atomic E-state index is 0.0265. The molecule has 0 aliphatic carbocycles. The Morgan fingerprint density at radius 2 is 1.15 bits per heavy atom. The Bertz CT molecular complexity index is 1040. The molecule has 0 saturated heterocycles. The topological polar surface area (TPSA) is 105 Å². The van der Waals surface area contributed by atoms with Crippen LogP contribution in [0.3, 0.4) is 0 Å². The molecule has 0 fully saturated rings. The maximum Gasteiger partial charge on any atom is 0.306 e. The molecule has 40 heavy (non-hydrogen) atoms. The monoisotopic (exact) mass is 558 g/mol. The van der Waals surface area contributed by atoms with Crippen LogP contribution in [-0.2, 0) is 42.7 Å². The molecule has 0 bridgehead atoms. The van der Waals surface area contributed by atoms with Gasteiger partial charge < -0.3 is 29.5 Å². The Hall–Kier alpha value is -2.61. The van der Waals surface area contributed by atoms with Crippen LogP contribution in [0.2, 0.25) is 0 Å². The van der Waals surface area contributed by atoms with Gasteiger partial charge in [0, 0.05) is 6.42 Å². The van der Waals surface area contributed by atoms with Gasteiger partial charge in [0.1, 0.15) is 18.1 Å². The summed E-state index contributed by atoms with van der Waals surface area (Å²) >= 11 is 0. The molecular weight excluding hydrogens is 508 g/mol. The van der Waals surface area contributed by atoms with Crippen molar-refractivity contribution in [3.8, 4) is 11.5 Å². The molecule has 0 saturated carbocycles. The Morgan fingerprint density at radius 1 is 0.725 bits per heavy atom. The molecule has 0 aliphatic heterocycles. The third-order valence-corrected chi connectivity index (χ3v) is 6.94. The second-order valence-corrected chi connectivity index (χ2v) is 12.8. The van der Waals surface area contributed by atoms with Crippen LogP contribution in [0, 0.1) is 19.8 Å². The van der Waals surface area contributed by atoms with E-state index >= 15 is 0 Å². The summed E-state index contributed by atoms with van der Waals surface area (Å²) < 4.78 is 16.1. The molecule has 0 unspecified atom stereocenters. The number of aromatic hydroxyl groups is 2. The molecule has 0 heterocycles. The number of hydrogen-bond acceptors (Lipinski definition) is 7. The summed E-state index contributed by atoms with van der Waals surface area (Å²) in [7, 11) is 0. The maximum atomic E-state index is 12.9. The molecule has 2 rings (SSSR count). The number of aliphatic hydroxyl groups is 1. The zero-order valence-corrected chi connectivity index (χ0v) is 25.7. The number of phenols is 2. The quantitative estimate of drug-likeness (QED) is 0.203. The number of rotatable bonds is 14. The third kappa shape index (κ3) is 10.4. The molecular formula is C33H50O7. The number of phenolic OH excluding ortho intramolecular Hbond substituents is 2. The highest BCUT2D eigenvalue weighted by Gasteiger charge is 2.24. The molecule has 7 heteroatoms. The van der Waals surface area contributed by atoms with Crippen LogP contribution < -0.4 is 0 Å². The molecule has 0 atom stereocenters. The van der Waals surface area contributed by atoms with Gasteiger partial charge in [0.2, 0.25) is 0 Å². The van der Waals surface area contributed by atoms with Crippen molar-refractivity contribution in [2.24, 2.45) is 5.92 Å². The molecule has 0 aromatic heterocycles. The van der Waals surface area contributed by atoms with E-state index in [1.54, 1.807) is 0 Å². The molecule has 224 valence electrons. The standard InChI is InChI=1S/C33H50O7/c1-22-15-24(19-27(30(22)36)32(3,4)5)17-26(21-29(35)40-14-13-39-12-11-38-10-9-34)18-25-16-23(2)31(37)28(20-25)33(6,7)8/h15-16,19-20,26,34,36-37H,9-14,17-18,21H2,1-8H3. The van der Waals surface area contributed by atoms with E-state index in [2.05, 4.69) is 53.7 Å². The van der Waals surface area contributed by atoms with Crippen LogP contribution in [0.4, 0.5) is 0 Å². The van der Waals surface area contributed by atoms with E-state index in [1.807, 2.05) is 26.0 Å². The molecule has 0 radical (unpaired) electrons. The first-order chi connectivity index (χ1) is 18.6. The summed E-state index contributed by atoms with van der Waals surface area (Å²) in [5, 5.41) is 30.1. The SMILES string of the molecule is Cc1cc(CC(CC(=O)OCCOCCOCCO)Cc2cc(C)c(O)c(C(C)(C)C)c2)cc(C(C)(C)C)c1O. The minimum Gasteiger partial charge on any atom is -0.507 e. The van der Waals surface area contributed by atoms with E-state index in [9.17, 15) is 15.0 Å². The van der Waals surface area contributed by atoms with E-state index in [-0.39, 0.29) is 55.6 Å². The molecule has 7 nitrogen and oxygen atoms in total. The number of benzene rings is 2. The van der Waals surface area contributed by atoms with Crippen molar-refractivity contribution in [2.75, 3.05) is 39.6 Å². The zero-order valence-electron chi connectivity index (χ0n) is 25.7. The fourth-order valence-electron chi connectivity index (χ4n) is 4.87. The minimum atomic E-state index is -0.289. The number of hydrogen-bond donors (Lipinski definition) is 3. The summed E-state index contributed by atoms with van der Waals surface area (Å²) in [6, 6.07) is 8.10. The van der Waals surface area contributed by atoms with Crippen molar-refractivity contribution in [3.63, 3.8) is 0 Å². The lowest BCUT2D eigenvalue weighted by Crippen LogP contribution is -2.20. The van der Waals surface area contributed by atoms with E-state index in [4.69, 9.17) is 19.3 Å². The lowest BCUT2D eigenvalue weighted by Gasteiger charge is -2.25. The Balaban J connectivity index is 2.22. The molecule has 2 aromatic rings. The molecule has 0 spiro atoms. The summed E-state index contributed by atoms with van der Waals surface area (Å²) in [6.07, 6.45) is 1.51. The van der Waals surface area contributed by atoms with E-state index in [1.165, 1.54) is 0 Å². The van der Waals surface area contributed by atoms with Gasteiger partial charge in [0.05, 0.1) is 33.0 Å². The summed E-state index contributed by atoms with van der Waals surface area (Å²) in [6.45, 7) is 17.7. The molecule has 0 aliphatic rings. The Morgan fingerprint density at radius 3 is 1.57 bits per heavy atom. The van der Waals surface area contributed by atoms with E-state index in [0.717, 1.165) is 33.4 Å². The van der Waals surface area contributed by atoms with E-state index in [0.29, 0.717) is 37.6 Å². The summed E-state index contributed by atoms with van der Waals surface area (Å²) in [4.78, 5) is 12.9. The number of carbonyl (C=O) groups excluding carboxylic acids is 1. The highest BCUT2D eigenvalue weighted by molar-refractivity contribution is 5.69. The van der Waals surface area contributed by atoms with Gasteiger partial charge in [-0.15, -0.1) is 0 Å². The summed E-state index contributed by atoms with van der Waals surface area (Å²) in [5.74, 6) is 0.299. The van der Waals surface area contributed by atoms with Crippen molar-refractivity contribution < 1.29 is 34.3 Å². The fourth-order valence-corrected chi connectivity index (χ4v) is 4.87. The van der Waals surface area contributed by atoms with Gasteiger partial charge in [-0.1, -0.05) is 65.8 Å². The van der Waals surface area contributed by atoms with Crippen LogP contribution in [0.15, 0.2) is 24.3 Å². The molecule has 3 N–H and O–H groups in total. The highest BCUT2D eigenvalue weighted by atomic mass is 16.6. The number of carbonyl (C=O) groups is 1. The van der Waals surface area contributed by atoms with Crippen LogP contribution >= 0.6 is 0 Å². The van der Waals surface area contributed by atoms with Gasteiger partial charge in [0.15, 0.2) is 0 Å². The average Bonchev–Trinajstić information content (AvgIpc) is 2.83. The first kappa shape index (κ1) is 33.6.